The molecule has 1 aromatic heterocycles. The Morgan fingerprint density at radius 2 is 2.06 bits per heavy atom. The van der Waals surface area contributed by atoms with Crippen LogP contribution in [0.15, 0.2) is 24.4 Å². The summed E-state index contributed by atoms with van der Waals surface area (Å²) >= 11 is 0. The van der Waals surface area contributed by atoms with Gasteiger partial charge in [0.15, 0.2) is 0 Å². The number of fused-ring (bicyclic) bond motifs is 1. The number of aromatic amines is 1. The number of H-pyrrole nitrogens is 1. The minimum Gasteiger partial charge on any atom is -0.478 e. The van der Waals surface area contributed by atoms with Crippen LogP contribution in [-0.2, 0) is 0 Å². The van der Waals surface area contributed by atoms with Crippen molar-refractivity contribution in [3.8, 4) is 0 Å². The van der Waals surface area contributed by atoms with Crippen LogP contribution < -0.4 is 4.90 Å². The Morgan fingerprint density at radius 3 is 2.76 bits per heavy atom. The van der Waals surface area contributed by atoms with E-state index in [4.69, 9.17) is 0 Å². The molecule has 2 heterocycles. The van der Waals surface area contributed by atoms with E-state index in [9.17, 15) is 9.90 Å². The van der Waals surface area contributed by atoms with Gasteiger partial charge in [0.05, 0.1) is 11.3 Å². The number of hydrogen-bond donors (Lipinski definition) is 2. The number of carboxylic acids is 1. The highest BCUT2D eigenvalue weighted by Gasteiger charge is 2.20. The lowest BCUT2D eigenvalue weighted by molar-refractivity contribution is 0.0697. The molecule has 0 aliphatic carbocycles. The highest BCUT2D eigenvalue weighted by atomic mass is 16.4. The molecule has 0 amide bonds. The van der Waals surface area contributed by atoms with E-state index in [0.717, 1.165) is 42.5 Å². The minimum atomic E-state index is -0.858. The van der Waals surface area contributed by atoms with E-state index in [0.29, 0.717) is 5.56 Å². The summed E-state index contributed by atoms with van der Waals surface area (Å²) in [5.74, 6) is -0.858. The Labute approximate surface area is 98.9 Å². The topological polar surface area (TPSA) is 56.3 Å². The number of benzene rings is 1. The Kier molecular flexibility index (Phi) is 2.28. The first-order valence-electron chi connectivity index (χ1n) is 5.85. The Bertz CT molecular complexity index is 568. The second kappa shape index (κ2) is 3.80. The van der Waals surface area contributed by atoms with Crippen molar-refractivity contribution in [1.29, 1.82) is 0 Å². The highest BCUT2D eigenvalue weighted by molar-refractivity contribution is 6.00. The van der Waals surface area contributed by atoms with Crippen LogP contribution in [0.5, 0.6) is 0 Å². The molecule has 4 heteroatoms. The van der Waals surface area contributed by atoms with Crippen LogP contribution in [0.4, 0.5) is 5.69 Å². The predicted molar refractivity (Wildman–Crippen MR) is 66.7 cm³/mol. The average molecular weight is 230 g/mol. The molecule has 1 aliphatic rings. The summed E-state index contributed by atoms with van der Waals surface area (Å²) in [4.78, 5) is 16.5. The lowest BCUT2D eigenvalue weighted by Crippen LogP contribution is -2.20. The van der Waals surface area contributed by atoms with E-state index in [1.807, 2.05) is 18.3 Å². The summed E-state index contributed by atoms with van der Waals surface area (Å²) in [6, 6.07) is 5.67. The largest absolute Gasteiger partial charge is 0.478 e. The number of carbonyl (C=O) groups is 1. The SMILES string of the molecule is O=C(O)c1cc2[nH]ccc2cc1N1CCCC1. The molecule has 0 radical (unpaired) electrons. The third kappa shape index (κ3) is 1.65. The van der Waals surface area contributed by atoms with Crippen LogP contribution in [0, 0.1) is 0 Å². The van der Waals surface area contributed by atoms with Crippen LogP contribution in [0.1, 0.15) is 23.2 Å². The number of nitrogens with one attached hydrogen (secondary N) is 1. The number of rotatable bonds is 2. The van der Waals surface area contributed by atoms with Crippen molar-refractivity contribution in [2.45, 2.75) is 12.8 Å². The molecule has 0 unspecified atom stereocenters. The minimum absolute atomic E-state index is 0.391. The van der Waals surface area contributed by atoms with Crippen molar-refractivity contribution in [2.75, 3.05) is 18.0 Å². The van der Waals surface area contributed by atoms with Crippen LogP contribution in [0.2, 0.25) is 0 Å². The highest BCUT2D eigenvalue weighted by Crippen LogP contribution is 2.29. The maximum atomic E-state index is 11.3. The zero-order chi connectivity index (χ0) is 11.8. The van der Waals surface area contributed by atoms with E-state index in [-0.39, 0.29) is 0 Å². The van der Waals surface area contributed by atoms with Gasteiger partial charge in [-0.2, -0.15) is 0 Å². The lowest BCUT2D eigenvalue weighted by atomic mass is 10.1. The van der Waals surface area contributed by atoms with Crippen LogP contribution >= 0.6 is 0 Å². The molecule has 3 rings (SSSR count). The monoisotopic (exact) mass is 230 g/mol. The number of aromatic nitrogens is 1. The molecular formula is C13H14N2O2. The van der Waals surface area contributed by atoms with Gasteiger partial charge in [0.2, 0.25) is 0 Å². The Hall–Kier alpha value is -1.97. The summed E-state index contributed by atoms with van der Waals surface area (Å²) in [5, 5.41) is 10.3. The van der Waals surface area contributed by atoms with Gasteiger partial charge in [0.1, 0.15) is 0 Å². The van der Waals surface area contributed by atoms with Crippen molar-refractivity contribution < 1.29 is 9.90 Å². The van der Waals surface area contributed by atoms with E-state index < -0.39 is 5.97 Å². The normalized spacial score (nSPS) is 15.6. The first kappa shape index (κ1) is 10.2. The first-order chi connectivity index (χ1) is 8.25. The van der Waals surface area contributed by atoms with Gasteiger partial charge < -0.3 is 15.0 Å². The van der Waals surface area contributed by atoms with E-state index in [1.165, 1.54) is 0 Å². The smallest absolute Gasteiger partial charge is 0.337 e. The summed E-state index contributed by atoms with van der Waals surface area (Å²) in [5.41, 5.74) is 2.12. The molecule has 0 saturated carbocycles. The van der Waals surface area contributed by atoms with E-state index >= 15 is 0 Å². The number of carboxylic acid groups (broad SMARTS) is 1. The Balaban J connectivity index is 2.18. The summed E-state index contributed by atoms with van der Waals surface area (Å²) in [7, 11) is 0. The molecule has 1 aliphatic heterocycles. The molecule has 2 N–H and O–H groups in total. The molecule has 0 atom stereocenters. The third-order valence-corrected chi connectivity index (χ3v) is 3.35. The number of aromatic carboxylic acids is 1. The van der Waals surface area contributed by atoms with Crippen LogP contribution in [-0.4, -0.2) is 29.1 Å². The quantitative estimate of drug-likeness (QED) is 0.833. The molecule has 17 heavy (non-hydrogen) atoms. The summed E-state index contributed by atoms with van der Waals surface area (Å²) in [6.07, 6.45) is 4.12. The second-order valence-electron chi connectivity index (χ2n) is 4.43. The molecule has 0 bridgehead atoms. The van der Waals surface area contributed by atoms with Gasteiger partial charge in [-0.15, -0.1) is 0 Å². The fourth-order valence-electron chi connectivity index (χ4n) is 2.48. The van der Waals surface area contributed by atoms with E-state index in [2.05, 4.69) is 9.88 Å². The molecule has 1 aromatic carbocycles. The molecule has 0 spiro atoms. The lowest BCUT2D eigenvalue weighted by Gasteiger charge is -2.20. The molecule has 4 nitrogen and oxygen atoms in total. The maximum absolute atomic E-state index is 11.3. The van der Waals surface area contributed by atoms with Gasteiger partial charge >= 0.3 is 5.97 Å². The van der Waals surface area contributed by atoms with Crippen molar-refractivity contribution >= 4 is 22.6 Å². The average Bonchev–Trinajstić information content (AvgIpc) is 2.98. The van der Waals surface area contributed by atoms with Crippen molar-refractivity contribution in [3.05, 3.63) is 30.0 Å². The zero-order valence-corrected chi connectivity index (χ0v) is 9.44. The van der Waals surface area contributed by atoms with Crippen molar-refractivity contribution in [1.82, 2.24) is 4.98 Å². The first-order valence-corrected chi connectivity index (χ1v) is 5.85. The predicted octanol–water partition coefficient (Wildman–Crippen LogP) is 2.47. The van der Waals surface area contributed by atoms with Gasteiger partial charge in [0, 0.05) is 30.2 Å². The second-order valence-corrected chi connectivity index (χ2v) is 4.43. The summed E-state index contributed by atoms with van der Waals surface area (Å²) < 4.78 is 0. The third-order valence-electron chi connectivity index (χ3n) is 3.35. The molecule has 1 saturated heterocycles. The van der Waals surface area contributed by atoms with Gasteiger partial charge in [-0.3, -0.25) is 0 Å². The van der Waals surface area contributed by atoms with Gasteiger partial charge in [0.25, 0.3) is 0 Å². The number of nitrogens with zero attached hydrogens (tertiary/aromatic N) is 1. The standard InChI is InChI=1S/C13H14N2O2/c16-13(17)10-8-11-9(3-4-14-11)7-12(10)15-5-1-2-6-15/h3-4,7-8,14H,1-2,5-6H2,(H,16,17). The van der Waals surface area contributed by atoms with E-state index in [1.54, 1.807) is 6.07 Å². The fraction of sp³-hybridized carbons (Fsp3) is 0.308. The number of hydrogen-bond acceptors (Lipinski definition) is 2. The Morgan fingerprint density at radius 1 is 1.29 bits per heavy atom. The molecule has 1 fully saturated rings. The van der Waals surface area contributed by atoms with Gasteiger partial charge in [-0.25, -0.2) is 4.79 Å². The fourth-order valence-corrected chi connectivity index (χ4v) is 2.48. The molecular weight excluding hydrogens is 216 g/mol. The van der Waals surface area contributed by atoms with Crippen LogP contribution in [0.3, 0.4) is 0 Å². The zero-order valence-electron chi connectivity index (χ0n) is 9.44. The van der Waals surface area contributed by atoms with Crippen molar-refractivity contribution in [2.24, 2.45) is 0 Å². The van der Waals surface area contributed by atoms with Gasteiger partial charge in [-0.05, 0) is 31.0 Å². The van der Waals surface area contributed by atoms with Crippen molar-refractivity contribution in [3.63, 3.8) is 0 Å². The number of anilines is 1. The summed E-state index contributed by atoms with van der Waals surface area (Å²) in [6.45, 7) is 1.91. The molecule has 2 aromatic rings. The maximum Gasteiger partial charge on any atom is 0.337 e. The molecule has 88 valence electrons. The van der Waals surface area contributed by atoms with Crippen LogP contribution in [0.25, 0.3) is 10.9 Å². The van der Waals surface area contributed by atoms with Gasteiger partial charge in [-0.1, -0.05) is 0 Å².